The molecule has 3 heterocycles. The fraction of sp³-hybridized carbons (Fsp3) is 0.500. The molecule has 1 aromatic carbocycles. The smallest absolute Gasteiger partial charge is 0.169 e. The van der Waals surface area contributed by atoms with Crippen molar-refractivity contribution in [1.82, 2.24) is 30.0 Å². The van der Waals surface area contributed by atoms with Gasteiger partial charge in [-0.3, -0.25) is 9.80 Å². The molecule has 1 aromatic heterocycles. The van der Waals surface area contributed by atoms with Crippen LogP contribution in [-0.4, -0.2) is 75.4 Å². The average Bonchev–Trinajstić information content (AvgIpc) is 3.55. The van der Waals surface area contributed by atoms with Crippen LogP contribution in [0.25, 0.3) is 6.08 Å². The summed E-state index contributed by atoms with van der Waals surface area (Å²) in [4.78, 5) is 5.11. The highest BCUT2D eigenvalue weighted by Gasteiger charge is 2.34. The van der Waals surface area contributed by atoms with Crippen molar-refractivity contribution in [2.75, 3.05) is 39.3 Å². The van der Waals surface area contributed by atoms with Crippen molar-refractivity contribution < 1.29 is 4.74 Å². The normalized spacial score (nSPS) is 25.2. The Morgan fingerprint density at radius 1 is 1.09 bits per heavy atom. The summed E-state index contributed by atoms with van der Waals surface area (Å²) < 4.78 is 7.87. The first-order valence-corrected chi connectivity index (χ1v) is 12.3. The number of rotatable bonds is 8. The molecule has 174 valence electrons. The van der Waals surface area contributed by atoms with Crippen LogP contribution in [0.2, 0.25) is 0 Å². The van der Waals surface area contributed by atoms with E-state index in [0.717, 1.165) is 71.0 Å². The SMILES string of the molecule is C1=CCC([C@@H](c2nnnn2CC2CCCO2)N2CCN(C/C=C/c3ccccc3)CC2)C=C1. The van der Waals surface area contributed by atoms with Crippen molar-refractivity contribution in [3.63, 3.8) is 0 Å². The molecular weight excluding hydrogens is 412 g/mol. The van der Waals surface area contributed by atoms with Crippen LogP contribution in [0.4, 0.5) is 0 Å². The third kappa shape index (κ3) is 5.66. The number of aromatic nitrogens is 4. The number of tetrazole rings is 1. The fourth-order valence-electron chi connectivity index (χ4n) is 5.12. The van der Waals surface area contributed by atoms with Crippen molar-refractivity contribution in [3.05, 3.63) is 72.1 Å². The summed E-state index contributed by atoms with van der Waals surface area (Å²) in [5, 5.41) is 13.0. The lowest BCUT2D eigenvalue weighted by molar-refractivity contribution is 0.0691. The van der Waals surface area contributed by atoms with E-state index in [9.17, 15) is 0 Å². The van der Waals surface area contributed by atoms with Gasteiger partial charge in [0, 0.05) is 45.2 Å². The Morgan fingerprint density at radius 2 is 1.97 bits per heavy atom. The molecule has 0 saturated carbocycles. The molecule has 1 aliphatic carbocycles. The van der Waals surface area contributed by atoms with Gasteiger partial charge in [-0.15, -0.1) is 5.10 Å². The van der Waals surface area contributed by atoms with Gasteiger partial charge in [0.05, 0.1) is 18.7 Å². The zero-order valence-corrected chi connectivity index (χ0v) is 19.2. The lowest BCUT2D eigenvalue weighted by Crippen LogP contribution is -2.49. The molecule has 7 heteroatoms. The van der Waals surface area contributed by atoms with E-state index in [-0.39, 0.29) is 12.1 Å². The summed E-state index contributed by atoms with van der Waals surface area (Å²) in [5.41, 5.74) is 1.26. The van der Waals surface area contributed by atoms with Crippen LogP contribution in [0.3, 0.4) is 0 Å². The average molecular weight is 447 g/mol. The van der Waals surface area contributed by atoms with Crippen LogP contribution in [0, 0.1) is 5.92 Å². The van der Waals surface area contributed by atoms with Gasteiger partial charge in [0.25, 0.3) is 0 Å². The van der Waals surface area contributed by atoms with Crippen LogP contribution in [0.1, 0.15) is 36.7 Å². The third-order valence-corrected chi connectivity index (χ3v) is 6.92. The summed E-state index contributed by atoms with van der Waals surface area (Å²) in [5.74, 6) is 1.36. The van der Waals surface area contributed by atoms with Gasteiger partial charge >= 0.3 is 0 Å². The van der Waals surface area contributed by atoms with E-state index in [1.807, 2.05) is 4.68 Å². The molecule has 7 nitrogen and oxygen atoms in total. The topological polar surface area (TPSA) is 59.3 Å². The van der Waals surface area contributed by atoms with Crippen molar-refractivity contribution in [3.8, 4) is 0 Å². The molecule has 2 fully saturated rings. The number of hydrogen-bond acceptors (Lipinski definition) is 6. The lowest BCUT2D eigenvalue weighted by atomic mass is 9.90. The molecular formula is C26H34N6O. The molecule has 5 rings (SSSR count). The van der Waals surface area contributed by atoms with E-state index in [1.165, 1.54) is 5.56 Å². The number of allylic oxidation sites excluding steroid dienone is 3. The molecule has 0 amide bonds. The molecule has 2 aliphatic heterocycles. The molecule has 3 atom stereocenters. The van der Waals surface area contributed by atoms with E-state index < -0.39 is 0 Å². The number of hydrogen-bond donors (Lipinski definition) is 0. The zero-order chi connectivity index (χ0) is 22.3. The molecule has 2 unspecified atom stereocenters. The monoisotopic (exact) mass is 446 g/mol. The van der Waals surface area contributed by atoms with Gasteiger partial charge < -0.3 is 4.74 Å². The maximum absolute atomic E-state index is 5.87. The van der Waals surface area contributed by atoms with Gasteiger partial charge in [-0.25, -0.2) is 4.68 Å². The lowest BCUT2D eigenvalue weighted by Gasteiger charge is -2.41. The largest absolute Gasteiger partial charge is 0.376 e. The van der Waals surface area contributed by atoms with E-state index in [4.69, 9.17) is 4.74 Å². The molecule has 2 aromatic rings. The van der Waals surface area contributed by atoms with Gasteiger partial charge in [-0.05, 0) is 35.3 Å². The Kier molecular flexibility index (Phi) is 7.40. The Morgan fingerprint density at radius 3 is 2.73 bits per heavy atom. The predicted molar refractivity (Wildman–Crippen MR) is 129 cm³/mol. The molecule has 2 saturated heterocycles. The number of nitrogens with zero attached hydrogens (tertiary/aromatic N) is 6. The Labute approximate surface area is 196 Å². The third-order valence-electron chi connectivity index (χ3n) is 6.92. The summed E-state index contributed by atoms with van der Waals surface area (Å²) in [7, 11) is 0. The molecule has 0 spiro atoms. The summed E-state index contributed by atoms with van der Waals surface area (Å²) in [6.45, 7) is 6.72. The van der Waals surface area contributed by atoms with Crippen LogP contribution in [0.15, 0.2) is 60.7 Å². The van der Waals surface area contributed by atoms with E-state index in [2.05, 4.69) is 92.1 Å². The van der Waals surface area contributed by atoms with Crippen molar-refractivity contribution in [1.29, 1.82) is 0 Å². The number of piperazine rings is 1. The highest BCUT2D eigenvalue weighted by atomic mass is 16.5. The first-order chi connectivity index (χ1) is 16.4. The standard InChI is InChI=1S/C26H34N6O/c1-3-9-22(10-4-1)11-7-15-30-16-18-31(19-17-30)25(23-12-5-2-6-13-23)26-27-28-29-32(26)21-24-14-8-20-33-24/h1-7,9-12,23-25H,8,13-21H2/b11-7+/t23?,24?,25-/m0/s1. The second-order valence-electron chi connectivity index (χ2n) is 9.16. The van der Waals surface area contributed by atoms with Crippen LogP contribution < -0.4 is 0 Å². The minimum Gasteiger partial charge on any atom is -0.376 e. The van der Waals surface area contributed by atoms with Crippen molar-refractivity contribution in [2.45, 2.75) is 38.0 Å². The van der Waals surface area contributed by atoms with Crippen LogP contribution in [0.5, 0.6) is 0 Å². The van der Waals surface area contributed by atoms with Crippen molar-refractivity contribution in [2.24, 2.45) is 5.92 Å². The van der Waals surface area contributed by atoms with Gasteiger partial charge in [-0.2, -0.15) is 0 Å². The van der Waals surface area contributed by atoms with E-state index in [0.29, 0.717) is 5.92 Å². The summed E-state index contributed by atoms with van der Waals surface area (Å²) in [6, 6.07) is 10.7. The van der Waals surface area contributed by atoms with Gasteiger partial charge in [0.2, 0.25) is 0 Å². The Balaban J connectivity index is 1.25. The highest BCUT2D eigenvalue weighted by molar-refractivity contribution is 5.48. The van der Waals surface area contributed by atoms with Crippen LogP contribution >= 0.6 is 0 Å². The van der Waals surface area contributed by atoms with E-state index >= 15 is 0 Å². The van der Waals surface area contributed by atoms with Gasteiger partial charge in [-0.1, -0.05) is 66.8 Å². The molecule has 0 N–H and O–H groups in total. The zero-order valence-electron chi connectivity index (χ0n) is 19.2. The summed E-state index contributed by atoms with van der Waals surface area (Å²) >= 11 is 0. The summed E-state index contributed by atoms with van der Waals surface area (Å²) in [6.07, 6.45) is 16.8. The second kappa shape index (κ2) is 11.0. The molecule has 0 bridgehead atoms. The van der Waals surface area contributed by atoms with E-state index in [1.54, 1.807) is 0 Å². The van der Waals surface area contributed by atoms with Gasteiger partial charge in [0.1, 0.15) is 0 Å². The quantitative estimate of drug-likeness (QED) is 0.620. The minimum atomic E-state index is 0.185. The van der Waals surface area contributed by atoms with Crippen LogP contribution in [-0.2, 0) is 11.3 Å². The second-order valence-corrected chi connectivity index (χ2v) is 9.16. The molecule has 33 heavy (non-hydrogen) atoms. The maximum atomic E-state index is 5.87. The number of benzene rings is 1. The number of ether oxygens (including phenoxy) is 1. The molecule has 0 radical (unpaired) electrons. The van der Waals surface area contributed by atoms with Crippen molar-refractivity contribution >= 4 is 6.08 Å². The fourth-order valence-corrected chi connectivity index (χ4v) is 5.12. The molecule has 3 aliphatic rings. The maximum Gasteiger partial charge on any atom is 0.169 e. The highest BCUT2D eigenvalue weighted by Crippen LogP contribution is 2.33. The Bertz CT molecular complexity index is 954. The Hall–Kier alpha value is -2.61. The first kappa shape index (κ1) is 22.2. The first-order valence-electron chi connectivity index (χ1n) is 12.3. The predicted octanol–water partition coefficient (Wildman–Crippen LogP) is 3.36. The minimum absolute atomic E-state index is 0.185. The van der Waals surface area contributed by atoms with Gasteiger partial charge in [0.15, 0.2) is 5.82 Å².